The van der Waals surface area contributed by atoms with Crippen LogP contribution in [0.15, 0.2) is 12.4 Å². The van der Waals surface area contributed by atoms with E-state index in [-0.39, 0.29) is 0 Å². The second-order valence-electron chi connectivity index (χ2n) is 4.39. The summed E-state index contributed by atoms with van der Waals surface area (Å²) in [4.78, 5) is 11.1. The molecule has 0 aromatic carbocycles. The molecule has 1 heterocycles. The monoisotopic (exact) mass is 317 g/mol. The normalized spacial score (nSPS) is 15.7. The van der Waals surface area contributed by atoms with Gasteiger partial charge in [0.05, 0.1) is 0 Å². The first-order chi connectivity index (χ1) is 7.16. The van der Waals surface area contributed by atoms with Gasteiger partial charge in [0.1, 0.15) is 0 Å². The molecule has 1 saturated carbocycles. The first-order valence-electron chi connectivity index (χ1n) is 5.41. The number of hydrogen-bond donors (Lipinski definition) is 0. The van der Waals surface area contributed by atoms with E-state index in [1.54, 1.807) is 0 Å². The predicted octanol–water partition coefficient (Wildman–Crippen LogP) is 2.71. The molecule has 1 aliphatic rings. The van der Waals surface area contributed by atoms with Crippen LogP contribution in [0.4, 0.5) is 5.95 Å². The van der Waals surface area contributed by atoms with Crippen molar-refractivity contribution in [2.24, 2.45) is 5.92 Å². The van der Waals surface area contributed by atoms with Crippen LogP contribution in [0.1, 0.15) is 26.7 Å². The molecule has 0 saturated heterocycles. The first-order valence-corrected chi connectivity index (χ1v) is 6.49. The maximum absolute atomic E-state index is 4.39. The fourth-order valence-corrected chi connectivity index (χ4v) is 1.83. The Morgan fingerprint density at radius 2 is 2.00 bits per heavy atom. The zero-order chi connectivity index (χ0) is 10.8. The van der Waals surface area contributed by atoms with Gasteiger partial charge < -0.3 is 4.90 Å². The van der Waals surface area contributed by atoms with Crippen molar-refractivity contribution < 1.29 is 0 Å². The van der Waals surface area contributed by atoms with Gasteiger partial charge in [-0.2, -0.15) is 0 Å². The Balaban J connectivity index is 2.11. The van der Waals surface area contributed by atoms with Crippen LogP contribution in [0.2, 0.25) is 0 Å². The van der Waals surface area contributed by atoms with Crippen molar-refractivity contribution in [1.29, 1.82) is 0 Å². The molecule has 1 aliphatic carbocycles. The van der Waals surface area contributed by atoms with E-state index in [2.05, 4.69) is 51.3 Å². The minimum atomic E-state index is 0.477. The Morgan fingerprint density at radius 3 is 2.47 bits per heavy atom. The molecule has 0 amide bonds. The minimum absolute atomic E-state index is 0.477. The van der Waals surface area contributed by atoms with Crippen LogP contribution < -0.4 is 4.90 Å². The van der Waals surface area contributed by atoms with Gasteiger partial charge in [0.15, 0.2) is 0 Å². The molecule has 1 fully saturated rings. The van der Waals surface area contributed by atoms with Crippen molar-refractivity contribution in [3.63, 3.8) is 0 Å². The summed E-state index contributed by atoms with van der Waals surface area (Å²) < 4.78 is 1.09. The van der Waals surface area contributed by atoms with E-state index in [9.17, 15) is 0 Å². The third kappa shape index (κ3) is 3.03. The van der Waals surface area contributed by atoms with Crippen LogP contribution in [0.5, 0.6) is 0 Å². The van der Waals surface area contributed by atoms with E-state index < -0.39 is 0 Å². The van der Waals surface area contributed by atoms with Crippen LogP contribution in [-0.4, -0.2) is 22.6 Å². The van der Waals surface area contributed by atoms with Gasteiger partial charge in [-0.15, -0.1) is 0 Å². The highest BCUT2D eigenvalue weighted by Crippen LogP contribution is 2.31. The molecule has 0 aliphatic heterocycles. The Kier molecular flexibility index (Phi) is 3.43. The zero-order valence-corrected chi connectivity index (χ0v) is 11.3. The molecule has 15 heavy (non-hydrogen) atoms. The van der Waals surface area contributed by atoms with Crippen LogP contribution >= 0.6 is 22.6 Å². The van der Waals surface area contributed by atoms with Gasteiger partial charge >= 0.3 is 0 Å². The summed E-state index contributed by atoms with van der Waals surface area (Å²) in [6.45, 7) is 5.51. The molecule has 0 bridgehead atoms. The summed E-state index contributed by atoms with van der Waals surface area (Å²) in [5.41, 5.74) is 0. The quantitative estimate of drug-likeness (QED) is 0.800. The predicted molar refractivity (Wildman–Crippen MR) is 70.0 cm³/mol. The van der Waals surface area contributed by atoms with E-state index >= 15 is 0 Å². The SMILES string of the molecule is CC(C)N(CC1CC1)c1ncc(I)cn1. The van der Waals surface area contributed by atoms with E-state index in [0.717, 1.165) is 22.0 Å². The third-order valence-corrected chi connectivity index (χ3v) is 3.20. The lowest BCUT2D eigenvalue weighted by atomic mass is 10.3. The maximum atomic E-state index is 4.39. The number of anilines is 1. The summed E-state index contributed by atoms with van der Waals surface area (Å²) in [7, 11) is 0. The number of halogens is 1. The van der Waals surface area contributed by atoms with Crippen molar-refractivity contribution in [2.75, 3.05) is 11.4 Å². The van der Waals surface area contributed by atoms with Gasteiger partial charge in [0, 0.05) is 28.6 Å². The van der Waals surface area contributed by atoms with Gasteiger partial charge in [-0.3, -0.25) is 0 Å². The Bertz CT molecular complexity index is 319. The van der Waals surface area contributed by atoms with Crippen LogP contribution in [0.3, 0.4) is 0 Å². The maximum Gasteiger partial charge on any atom is 0.225 e. The van der Waals surface area contributed by atoms with Gasteiger partial charge in [-0.25, -0.2) is 9.97 Å². The largest absolute Gasteiger partial charge is 0.338 e. The highest BCUT2D eigenvalue weighted by atomic mass is 127. The fraction of sp³-hybridized carbons (Fsp3) is 0.636. The molecular formula is C11H16IN3. The molecule has 0 N–H and O–H groups in total. The highest BCUT2D eigenvalue weighted by Gasteiger charge is 2.26. The van der Waals surface area contributed by atoms with Crippen molar-refractivity contribution in [3.8, 4) is 0 Å². The van der Waals surface area contributed by atoms with Gasteiger partial charge in [-0.05, 0) is 55.2 Å². The van der Waals surface area contributed by atoms with E-state index in [4.69, 9.17) is 0 Å². The van der Waals surface area contributed by atoms with Gasteiger partial charge in [0.25, 0.3) is 0 Å². The smallest absolute Gasteiger partial charge is 0.225 e. The molecular weight excluding hydrogens is 301 g/mol. The van der Waals surface area contributed by atoms with Crippen LogP contribution in [-0.2, 0) is 0 Å². The highest BCUT2D eigenvalue weighted by molar-refractivity contribution is 14.1. The lowest BCUT2D eigenvalue weighted by molar-refractivity contribution is 0.627. The third-order valence-electron chi connectivity index (χ3n) is 2.64. The van der Waals surface area contributed by atoms with Crippen molar-refractivity contribution in [3.05, 3.63) is 16.0 Å². The number of nitrogens with zero attached hydrogens (tertiary/aromatic N) is 3. The minimum Gasteiger partial charge on any atom is -0.338 e. The van der Waals surface area contributed by atoms with Crippen molar-refractivity contribution in [2.45, 2.75) is 32.7 Å². The molecule has 0 unspecified atom stereocenters. The Morgan fingerprint density at radius 1 is 1.40 bits per heavy atom. The summed E-state index contributed by atoms with van der Waals surface area (Å²) in [5, 5.41) is 0. The Labute approximate surface area is 104 Å². The zero-order valence-electron chi connectivity index (χ0n) is 9.15. The second-order valence-corrected chi connectivity index (χ2v) is 5.64. The molecule has 0 spiro atoms. The van der Waals surface area contributed by atoms with Crippen molar-refractivity contribution >= 4 is 28.5 Å². The number of aromatic nitrogens is 2. The summed E-state index contributed by atoms with van der Waals surface area (Å²) >= 11 is 2.23. The summed E-state index contributed by atoms with van der Waals surface area (Å²) in [6.07, 6.45) is 6.50. The van der Waals surface area contributed by atoms with Crippen molar-refractivity contribution in [1.82, 2.24) is 9.97 Å². The van der Waals surface area contributed by atoms with Gasteiger partial charge in [-0.1, -0.05) is 0 Å². The molecule has 0 radical (unpaired) electrons. The Hall–Kier alpha value is -0.390. The molecule has 3 nitrogen and oxygen atoms in total. The van der Waals surface area contributed by atoms with E-state index in [1.165, 1.54) is 12.8 Å². The number of hydrogen-bond acceptors (Lipinski definition) is 3. The average Bonchev–Trinajstić information content (AvgIpc) is 2.99. The lowest BCUT2D eigenvalue weighted by Crippen LogP contribution is -2.34. The average molecular weight is 317 g/mol. The summed E-state index contributed by atoms with van der Waals surface area (Å²) in [5.74, 6) is 1.74. The number of rotatable bonds is 4. The van der Waals surface area contributed by atoms with Gasteiger partial charge in [0.2, 0.25) is 5.95 Å². The standard InChI is InChI=1S/C11H16IN3/c1-8(2)15(7-9-3-4-9)11-13-5-10(12)6-14-11/h5-6,8-9H,3-4,7H2,1-2H3. The molecule has 82 valence electrons. The molecule has 2 rings (SSSR count). The molecule has 1 aromatic rings. The van der Waals surface area contributed by atoms with E-state index in [1.807, 2.05) is 12.4 Å². The van der Waals surface area contributed by atoms with E-state index in [0.29, 0.717) is 6.04 Å². The van der Waals surface area contributed by atoms with Crippen LogP contribution in [0.25, 0.3) is 0 Å². The molecule has 0 atom stereocenters. The second kappa shape index (κ2) is 4.63. The topological polar surface area (TPSA) is 29.0 Å². The van der Waals surface area contributed by atoms with Crippen LogP contribution in [0, 0.1) is 9.49 Å². The molecule has 1 aromatic heterocycles. The molecule has 4 heteroatoms. The first kappa shape index (κ1) is 11.1. The summed E-state index contributed by atoms with van der Waals surface area (Å²) in [6, 6.07) is 0.477. The lowest BCUT2D eigenvalue weighted by Gasteiger charge is -2.26. The fourth-order valence-electron chi connectivity index (χ4n) is 1.56.